The second-order valence-corrected chi connectivity index (χ2v) is 6.13. The zero-order valence-corrected chi connectivity index (χ0v) is 10.9. The summed E-state index contributed by atoms with van der Waals surface area (Å²) in [5.41, 5.74) is 0.411. The third-order valence-electron chi connectivity index (χ3n) is 1.77. The molecule has 0 aliphatic rings. The van der Waals surface area contributed by atoms with Gasteiger partial charge in [-0.3, -0.25) is 4.79 Å². The summed E-state index contributed by atoms with van der Waals surface area (Å²) in [6.45, 7) is 3.41. The molecule has 1 amide bonds. The largest absolute Gasteiger partial charge is 0.322 e. The van der Waals surface area contributed by atoms with Gasteiger partial charge in [-0.15, -0.1) is 0 Å². The molecule has 6 heteroatoms. The fourth-order valence-electron chi connectivity index (χ4n) is 1.00. The Balaban J connectivity index is 3.01. The van der Waals surface area contributed by atoms with Crippen molar-refractivity contribution in [2.45, 2.75) is 4.90 Å². The molecule has 0 fully saturated rings. The number of hydrogen-bond donors (Lipinski definition) is 1. The molecule has 0 unspecified atom stereocenters. The summed E-state index contributed by atoms with van der Waals surface area (Å²) in [6, 6.07) is 6.02. The van der Waals surface area contributed by atoms with Crippen molar-refractivity contribution in [1.82, 2.24) is 0 Å². The summed E-state index contributed by atoms with van der Waals surface area (Å²) in [5.74, 6) is -0.411. The van der Waals surface area contributed by atoms with Crippen molar-refractivity contribution < 1.29 is 13.2 Å². The van der Waals surface area contributed by atoms with E-state index in [9.17, 15) is 13.2 Å². The van der Waals surface area contributed by atoms with Gasteiger partial charge in [0.05, 0.1) is 9.38 Å². The van der Waals surface area contributed by atoms with E-state index in [-0.39, 0.29) is 9.38 Å². The van der Waals surface area contributed by atoms with Crippen LogP contribution in [0, 0.1) is 0 Å². The lowest BCUT2D eigenvalue weighted by Gasteiger charge is -2.05. The van der Waals surface area contributed by atoms with Gasteiger partial charge in [0.15, 0.2) is 9.84 Å². The Bertz CT molecular complexity index is 537. The first-order valence-electron chi connectivity index (χ1n) is 4.26. The minimum Gasteiger partial charge on any atom is -0.322 e. The summed E-state index contributed by atoms with van der Waals surface area (Å²) in [5, 5.41) is 2.50. The van der Waals surface area contributed by atoms with Gasteiger partial charge in [0.2, 0.25) is 0 Å². The number of anilines is 1. The molecule has 1 N–H and O–H groups in total. The highest BCUT2D eigenvalue weighted by Crippen LogP contribution is 2.16. The average molecular weight is 304 g/mol. The van der Waals surface area contributed by atoms with Gasteiger partial charge in [0.1, 0.15) is 0 Å². The number of nitrogens with one attached hydrogen (secondary N) is 1. The molecule has 0 radical (unpaired) electrons. The second kappa shape index (κ2) is 4.80. The van der Waals surface area contributed by atoms with Crippen LogP contribution in [0.4, 0.5) is 5.69 Å². The van der Waals surface area contributed by atoms with E-state index in [0.29, 0.717) is 5.69 Å². The van der Waals surface area contributed by atoms with Crippen LogP contribution in [0.3, 0.4) is 0 Å². The Morgan fingerprint density at radius 3 is 2.56 bits per heavy atom. The van der Waals surface area contributed by atoms with Gasteiger partial charge >= 0.3 is 0 Å². The van der Waals surface area contributed by atoms with Crippen molar-refractivity contribution >= 4 is 37.4 Å². The molecule has 86 valence electrons. The lowest BCUT2D eigenvalue weighted by Crippen LogP contribution is -2.11. The lowest BCUT2D eigenvalue weighted by atomic mass is 10.3. The Kier molecular flexibility index (Phi) is 3.88. The minimum atomic E-state index is -3.27. The number of benzene rings is 1. The van der Waals surface area contributed by atoms with E-state index in [1.54, 1.807) is 12.1 Å². The highest BCUT2D eigenvalue weighted by atomic mass is 79.9. The van der Waals surface area contributed by atoms with E-state index >= 15 is 0 Å². The van der Waals surface area contributed by atoms with Crippen molar-refractivity contribution in [2.24, 2.45) is 0 Å². The van der Waals surface area contributed by atoms with Gasteiger partial charge in [-0.2, -0.15) is 0 Å². The summed E-state index contributed by atoms with van der Waals surface area (Å²) in [4.78, 5) is 11.4. The molecule has 1 rings (SSSR count). The predicted molar refractivity (Wildman–Crippen MR) is 66.2 cm³/mol. The molecule has 16 heavy (non-hydrogen) atoms. The third-order valence-corrected chi connectivity index (χ3v) is 3.24. The smallest absolute Gasteiger partial charge is 0.262 e. The maximum Gasteiger partial charge on any atom is 0.262 e. The Hall–Kier alpha value is -1.14. The summed E-state index contributed by atoms with van der Waals surface area (Å²) in [7, 11) is -3.27. The number of carbonyl (C=O) groups is 1. The van der Waals surface area contributed by atoms with Gasteiger partial charge in [-0.1, -0.05) is 12.6 Å². The number of amides is 1. The molecule has 1 aromatic carbocycles. The maximum atomic E-state index is 11.3. The van der Waals surface area contributed by atoms with Crippen LogP contribution in [0.2, 0.25) is 0 Å². The monoisotopic (exact) mass is 303 g/mol. The Morgan fingerprint density at radius 1 is 1.44 bits per heavy atom. The van der Waals surface area contributed by atoms with Crippen LogP contribution in [-0.2, 0) is 14.6 Å². The molecule has 0 atom stereocenters. The Morgan fingerprint density at radius 2 is 2.06 bits per heavy atom. The highest BCUT2D eigenvalue weighted by molar-refractivity contribution is 9.12. The molecule has 0 aromatic heterocycles. The van der Waals surface area contributed by atoms with Crippen LogP contribution >= 0.6 is 15.9 Å². The van der Waals surface area contributed by atoms with Crippen LogP contribution < -0.4 is 5.32 Å². The lowest BCUT2D eigenvalue weighted by molar-refractivity contribution is -0.112. The molecule has 4 nitrogen and oxygen atoms in total. The second-order valence-electron chi connectivity index (χ2n) is 3.16. The number of sulfone groups is 1. The standard InChI is InChI=1S/C10H10BrNO3S/c1-7(11)10(13)12-8-4-3-5-9(6-8)16(2,14)15/h3-6H,1H2,2H3,(H,12,13). The first kappa shape index (κ1) is 12.9. The molecular formula is C10H10BrNO3S. The fraction of sp³-hybridized carbons (Fsp3) is 0.100. The van der Waals surface area contributed by atoms with E-state index in [1.807, 2.05) is 0 Å². The average Bonchev–Trinajstić information content (AvgIpc) is 2.16. The van der Waals surface area contributed by atoms with E-state index < -0.39 is 15.7 Å². The Labute approximate surface area is 102 Å². The summed E-state index contributed by atoms with van der Waals surface area (Å²) >= 11 is 2.93. The van der Waals surface area contributed by atoms with E-state index in [4.69, 9.17) is 0 Å². The zero-order valence-electron chi connectivity index (χ0n) is 8.53. The van der Waals surface area contributed by atoms with Gasteiger partial charge in [0, 0.05) is 11.9 Å². The molecule has 1 aromatic rings. The maximum absolute atomic E-state index is 11.3. The quantitative estimate of drug-likeness (QED) is 0.868. The molecule has 0 saturated heterocycles. The third kappa shape index (κ3) is 3.46. The van der Waals surface area contributed by atoms with Crippen molar-refractivity contribution in [3.63, 3.8) is 0 Å². The minimum absolute atomic E-state index is 0.158. The first-order chi connectivity index (χ1) is 7.30. The molecule has 0 saturated carbocycles. The number of rotatable bonds is 3. The molecule has 0 spiro atoms. The van der Waals surface area contributed by atoms with Gasteiger partial charge < -0.3 is 5.32 Å². The molecule has 0 aliphatic carbocycles. The van der Waals surface area contributed by atoms with Crippen LogP contribution in [0.1, 0.15) is 0 Å². The normalized spacial score (nSPS) is 10.9. The van der Waals surface area contributed by atoms with Crippen molar-refractivity contribution in [1.29, 1.82) is 0 Å². The first-order valence-corrected chi connectivity index (χ1v) is 6.95. The highest BCUT2D eigenvalue weighted by Gasteiger charge is 2.09. The molecule has 0 heterocycles. The summed E-state index contributed by atoms with van der Waals surface area (Å²) < 4.78 is 22.7. The number of halogens is 1. The van der Waals surface area contributed by atoms with E-state index in [1.165, 1.54) is 12.1 Å². The fourth-order valence-corrected chi connectivity index (χ4v) is 1.77. The SMILES string of the molecule is C=C(Br)C(=O)Nc1cccc(S(C)(=O)=O)c1. The van der Waals surface area contributed by atoms with Gasteiger partial charge in [-0.25, -0.2) is 8.42 Å². The van der Waals surface area contributed by atoms with Gasteiger partial charge in [-0.05, 0) is 34.1 Å². The van der Waals surface area contributed by atoms with Crippen LogP contribution in [0.25, 0.3) is 0 Å². The van der Waals surface area contributed by atoms with Crippen molar-refractivity contribution in [2.75, 3.05) is 11.6 Å². The number of carbonyl (C=O) groups excluding carboxylic acids is 1. The summed E-state index contributed by atoms with van der Waals surface area (Å²) in [6.07, 6.45) is 1.11. The van der Waals surface area contributed by atoms with E-state index in [0.717, 1.165) is 6.26 Å². The number of hydrogen-bond acceptors (Lipinski definition) is 3. The zero-order chi connectivity index (χ0) is 12.3. The van der Waals surface area contributed by atoms with Crippen LogP contribution in [-0.4, -0.2) is 20.6 Å². The molecular weight excluding hydrogens is 294 g/mol. The van der Waals surface area contributed by atoms with Crippen molar-refractivity contribution in [3.05, 3.63) is 35.3 Å². The molecule has 0 aliphatic heterocycles. The predicted octanol–water partition coefficient (Wildman–Crippen LogP) is 1.94. The van der Waals surface area contributed by atoms with Gasteiger partial charge in [0.25, 0.3) is 5.91 Å². The topological polar surface area (TPSA) is 63.2 Å². The van der Waals surface area contributed by atoms with Crippen molar-refractivity contribution in [3.8, 4) is 0 Å². The molecule has 0 bridgehead atoms. The van der Waals surface area contributed by atoms with Crippen LogP contribution in [0.5, 0.6) is 0 Å². The van der Waals surface area contributed by atoms with Crippen LogP contribution in [0.15, 0.2) is 40.2 Å². The van der Waals surface area contributed by atoms with E-state index in [2.05, 4.69) is 27.8 Å².